The first-order valence-electron chi connectivity index (χ1n) is 7.07. The van der Waals surface area contributed by atoms with E-state index in [1.807, 2.05) is 0 Å². The second-order valence-corrected chi connectivity index (χ2v) is 5.25. The average molecular weight is 270 g/mol. The lowest BCUT2D eigenvalue weighted by atomic mass is 10.1. The highest BCUT2D eigenvalue weighted by atomic mass is 16.2. The van der Waals surface area contributed by atoms with Crippen LogP contribution in [0.4, 0.5) is 0 Å². The summed E-state index contributed by atoms with van der Waals surface area (Å²) in [6, 6.07) is 0. The summed E-state index contributed by atoms with van der Waals surface area (Å²) in [5, 5.41) is 5.28. The van der Waals surface area contributed by atoms with Crippen LogP contribution in [0.3, 0.4) is 0 Å². The number of carbonyl (C=O) groups is 2. The van der Waals surface area contributed by atoms with Crippen molar-refractivity contribution in [2.75, 3.05) is 39.3 Å². The summed E-state index contributed by atoms with van der Waals surface area (Å²) in [5.74, 6) is -0.0453. The van der Waals surface area contributed by atoms with E-state index in [-0.39, 0.29) is 24.9 Å². The predicted octanol–water partition coefficient (Wildman–Crippen LogP) is -0.700. The van der Waals surface area contributed by atoms with Gasteiger partial charge in [0.15, 0.2) is 0 Å². The number of piperidine rings is 1. The molecule has 0 aliphatic carbocycles. The van der Waals surface area contributed by atoms with Crippen LogP contribution in [0.25, 0.3) is 0 Å². The minimum Gasteiger partial charge on any atom is -0.354 e. The Hall–Kier alpha value is -1.14. The molecule has 0 aromatic heterocycles. The van der Waals surface area contributed by atoms with E-state index in [1.165, 1.54) is 32.4 Å². The molecule has 1 rings (SSSR count). The summed E-state index contributed by atoms with van der Waals surface area (Å²) in [5.41, 5.74) is 5.14. The van der Waals surface area contributed by atoms with E-state index in [9.17, 15) is 9.59 Å². The molecule has 1 atom stereocenters. The smallest absolute Gasteiger partial charge is 0.239 e. The molecule has 2 amide bonds. The molecule has 1 fully saturated rings. The molecular formula is C13H26N4O2. The van der Waals surface area contributed by atoms with Crippen LogP contribution in [0, 0.1) is 5.92 Å². The fourth-order valence-electron chi connectivity index (χ4n) is 2.25. The van der Waals surface area contributed by atoms with Gasteiger partial charge in [-0.05, 0) is 31.8 Å². The summed E-state index contributed by atoms with van der Waals surface area (Å²) in [4.78, 5) is 24.8. The topological polar surface area (TPSA) is 87.5 Å². The van der Waals surface area contributed by atoms with Gasteiger partial charge < -0.3 is 21.3 Å². The summed E-state index contributed by atoms with van der Waals surface area (Å²) in [7, 11) is 0. The molecular weight excluding hydrogens is 244 g/mol. The summed E-state index contributed by atoms with van der Waals surface area (Å²) < 4.78 is 0. The van der Waals surface area contributed by atoms with Gasteiger partial charge in [-0.25, -0.2) is 0 Å². The van der Waals surface area contributed by atoms with E-state index in [2.05, 4.69) is 22.5 Å². The Morgan fingerprint density at radius 2 is 1.84 bits per heavy atom. The first kappa shape index (κ1) is 15.9. The van der Waals surface area contributed by atoms with Gasteiger partial charge in [-0.1, -0.05) is 13.3 Å². The zero-order valence-corrected chi connectivity index (χ0v) is 11.8. The number of carbonyl (C=O) groups excluding carboxylic acids is 2. The molecule has 0 saturated carbocycles. The maximum atomic E-state index is 11.5. The van der Waals surface area contributed by atoms with Crippen molar-refractivity contribution in [1.29, 1.82) is 0 Å². The predicted molar refractivity (Wildman–Crippen MR) is 74.5 cm³/mol. The SMILES string of the molecule is CC(CNC(=O)CNC(=O)CN)CN1CCCCC1. The second-order valence-electron chi connectivity index (χ2n) is 5.25. The minimum absolute atomic E-state index is 0.00642. The van der Waals surface area contributed by atoms with Gasteiger partial charge in [0, 0.05) is 13.1 Å². The van der Waals surface area contributed by atoms with Crippen molar-refractivity contribution in [2.45, 2.75) is 26.2 Å². The molecule has 0 radical (unpaired) electrons. The van der Waals surface area contributed by atoms with Crippen LogP contribution in [-0.4, -0.2) is 56.0 Å². The van der Waals surface area contributed by atoms with Crippen LogP contribution in [0.2, 0.25) is 0 Å². The highest BCUT2D eigenvalue weighted by molar-refractivity contribution is 5.85. The van der Waals surface area contributed by atoms with E-state index in [0.29, 0.717) is 12.5 Å². The van der Waals surface area contributed by atoms with Crippen LogP contribution in [0.1, 0.15) is 26.2 Å². The molecule has 1 saturated heterocycles. The third-order valence-corrected chi connectivity index (χ3v) is 3.30. The van der Waals surface area contributed by atoms with Crippen LogP contribution in [0.5, 0.6) is 0 Å². The Labute approximate surface area is 115 Å². The summed E-state index contributed by atoms with van der Waals surface area (Å²) >= 11 is 0. The van der Waals surface area contributed by atoms with E-state index in [0.717, 1.165) is 6.54 Å². The van der Waals surface area contributed by atoms with Crippen LogP contribution in [-0.2, 0) is 9.59 Å². The minimum atomic E-state index is -0.309. The van der Waals surface area contributed by atoms with Gasteiger partial charge in [-0.3, -0.25) is 9.59 Å². The van der Waals surface area contributed by atoms with Crippen molar-refractivity contribution >= 4 is 11.8 Å². The third-order valence-electron chi connectivity index (χ3n) is 3.30. The number of hydrogen-bond acceptors (Lipinski definition) is 4. The molecule has 6 nitrogen and oxygen atoms in total. The Kier molecular flexibility index (Phi) is 7.43. The first-order valence-corrected chi connectivity index (χ1v) is 7.07. The Balaban J connectivity index is 2.09. The van der Waals surface area contributed by atoms with Crippen LogP contribution >= 0.6 is 0 Å². The molecule has 0 aromatic rings. The highest BCUT2D eigenvalue weighted by Gasteiger charge is 2.14. The van der Waals surface area contributed by atoms with E-state index in [4.69, 9.17) is 5.73 Å². The average Bonchev–Trinajstić information content (AvgIpc) is 2.43. The zero-order chi connectivity index (χ0) is 14.1. The van der Waals surface area contributed by atoms with Crippen molar-refractivity contribution in [3.63, 3.8) is 0 Å². The van der Waals surface area contributed by atoms with E-state index in [1.54, 1.807) is 0 Å². The van der Waals surface area contributed by atoms with Gasteiger partial charge in [-0.15, -0.1) is 0 Å². The molecule has 4 N–H and O–H groups in total. The van der Waals surface area contributed by atoms with Crippen molar-refractivity contribution in [3.05, 3.63) is 0 Å². The third kappa shape index (κ3) is 7.12. The molecule has 1 aliphatic heterocycles. The molecule has 0 bridgehead atoms. The number of amides is 2. The van der Waals surface area contributed by atoms with Gasteiger partial charge in [-0.2, -0.15) is 0 Å². The van der Waals surface area contributed by atoms with Crippen molar-refractivity contribution in [3.8, 4) is 0 Å². The van der Waals surface area contributed by atoms with E-state index < -0.39 is 0 Å². The lowest BCUT2D eigenvalue weighted by Gasteiger charge is -2.29. The van der Waals surface area contributed by atoms with Crippen molar-refractivity contribution < 1.29 is 9.59 Å². The zero-order valence-electron chi connectivity index (χ0n) is 11.8. The number of nitrogens with one attached hydrogen (secondary N) is 2. The maximum Gasteiger partial charge on any atom is 0.239 e. The van der Waals surface area contributed by atoms with Gasteiger partial charge in [0.2, 0.25) is 11.8 Å². The van der Waals surface area contributed by atoms with Crippen LogP contribution < -0.4 is 16.4 Å². The molecule has 1 heterocycles. The Bertz CT molecular complexity index is 290. The highest BCUT2D eigenvalue weighted by Crippen LogP contribution is 2.10. The second kappa shape index (κ2) is 8.87. The molecule has 1 aliphatic rings. The molecule has 0 aromatic carbocycles. The monoisotopic (exact) mass is 270 g/mol. The van der Waals surface area contributed by atoms with Gasteiger partial charge in [0.25, 0.3) is 0 Å². The fourth-order valence-corrected chi connectivity index (χ4v) is 2.25. The number of likely N-dealkylation sites (tertiary alicyclic amines) is 1. The van der Waals surface area contributed by atoms with E-state index >= 15 is 0 Å². The summed E-state index contributed by atoms with van der Waals surface area (Å²) in [6.45, 7) is 6.07. The lowest BCUT2D eigenvalue weighted by molar-refractivity contribution is -0.125. The molecule has 6 heteroatoms. The normalized spacial score (nSPS) is 17.8. The maximum absolute atomic E-state index is 11.5. The quantitative estimate of drug-likeness (QED) is 0.571. The number of rotatable bonds is 7. The molecule has 0 spiro atoms. The standard InChI is InChI=1S/C13H26N4O2/c1-11(10-17-5-3-2-4-6-17)8-15-13(19)9-16-12(18)7-14/h11H,2-10,14H2,1H3,(H,15,19)(H,16,18). The van der Waals surface area contributed by atoms with Crippen molar-refractivity contribution in [2.24, 2.45) is 11.7 Å². The first-order chi connectivity index (χ1) is 9.11. The van der Waals surface area contributed by atoms with Gasteiger partial charge in [0.05, 0.1) is 13.1 Å². The Morgan fingerprint density at radius 3 is 2.47 bits per heavy atom. The fraction of sp³-hybridized carbons (Fsp3) is 0.846. The molecule has 19 heavy (non-hydrogen) atoms. The molecule has 110 valence electrons. The lowest BCUT2D eigenvalue weighted by Crippen LogP contribution is -2.42. The number of nitrogens with zero attached hydrogens (tertiary/aromatic N) is 1. The molecule has 1 unspecified atom stereocenters. The van der Waals surface area contributed by atoms with Crippen LogP contribution in [0.15, 0.2) is 0 Å². The number of hydrogen-bond donors (Lipinski definition) is 3. The Morgan fingerprint density at radius 1 is 1.16 bits per heavy atom. The number of nitrogens with two attached hydrogens (primary N) is 1. The largest absolute Gasteiger partial charge is 0.354 e. The summed E-state index contributed by atoms with van der Waals surface area (Å²) in [6.07, 6.45) is 3.90. The van der Waals surface area contributed by atoms with Gasteiger partial charge >= 0.3 is 0 Å². The van der Waals surface area contributed by atoms with Crippen molar-refractivity contribution in [1.82, 2.24) is 15.5 Å². The van der Waals surface area contributed by atoms with Gasteiger partial charge in [0.1, 0.15) is 0 Å².